The van der Waals surface area contributed by atoms with Crippen molar-refractivity contribution < 1.29 is 19.4 Å². The molecule has 0 unspecified atom stereocenters. The molecule has 0 aliphatic carbocycles. The summed E-state index contributed by atoms with van der Waals surface area (Å²) in [7, 11) is 0. The molecule has 0 saturated carbocycles. The number of aromatic carboxylic acids is 1. The van der Waals surface area contributed by atoms with Crippen molar-refractivity contribution in [1.82, 2.24) is 4.57 Å². The van der Waals surface area contributed by atoms with Gasteiger partial charge in [-0.1, -0.05) is 0 Å². The molecule has 0 fully saturated rings. The molecular weight excluding hydrogens is 226 g/mol. The lowest BCUT2D eigenvalue weighted by atomic mass is 10.3. The van der Waals surface area contributed by atoms with E-state index in [0.717, 1.165) is 6.07 Å². The fraction of sp³-hybridized carbons (Fsp3) is 0.364. The normalized spacial score (nSPS) is 9.94. The molecule has 0 atom stereocenters. The van der Waals surface area contributed by atoms with Gasteiger partial charge in [-0.05, 0) is 13.0 Å². The van der Waals surface area contributed by atoms with Gasteiger partial charge in [0.05, 0.1) is 18.6 Å². The van der Waals surface area contributed by atoms with Gasteiger partial charge in [-0.25, -0.2) is 4.79 Å². The van der Waals surface area contributed by atoms with Crippen LogP contribution in [0.4, 0.5) is 0 Å². The molecule has 6 heteroatoms. The predicted octanol–water partition coefficient (Wildman–Crippen LogP) is 0.500. The maximum absolute atomic E-state index is 11.4. The van der Waals surface area contributed by atoms with E-state index in [2.05, 4.69) is 0 Å². The summed E-state index contributed by atoms with van der Waals surface area (Å²) in [6, 6.07) is 2.39. The Morgan fingerprint density at radius 1 is 1.41 bits per heavy atom. The molecule has 1 heterocycles. The first-order valence-corrected chi connectivity index (χ1v) is 5.14. The van der Waals surface area contributed by atoms with E-state index in [-0.39, 0.29) is 30.7 Å². The van der Waals surface area contributed by atoms with Crippen LogP contribution in [0.25, 0.3) is 0 Å². The highest BCUT2D eigenvalue weighted by atomic mass is 16.5. The fourth-order valence-electron chi connectivity index (χ4n) is 1.28. The maximum atomic E-state index is 11.4. The molecular formula is C11H13NO5. The number of ether oxygens (including phenoxy) is 1. The number of rotatable bonds is 5. The lowest BCUT2D eigenvalue weighted by molar-refractivity contribution is -0.143. The molecule has 0 aromatic carbocycles. The number of aryl methyl sites for hydroxylation is 1. The number of nitrogens with zero attached hydrogens (tertiary/aromatic N) is 1. The number of carboxylic acids is 1. The molecule has 1 aromatic rings. The second-order valence-corrected chi connectivity index (χ2v) is 3.31. The van der Waals surface area contributed by atoms with Gasteiger partial charge in [0.25, 0.3) is 5.56 Å². The van der Waals surface area contributed by atoms with Gasteiger partial charge < -0.3 is 14.4 Å². The minimum absolute atomic E-state index is 0.00783. The molecule has 0 bridgehead atoms. The van der Waals surface area contributed by atoms with Crippen LogP contribution >= 0.6 is 0 Å². The molecule has 0 spiro atoms. The Morgan fingerprint density at radius 3 is 2.71 bits per heavy atom. The Kier molecular flexibility index (Phi) is 4.45. The van der Waals surface area contributed by atoms with Gasteiger partial charge in [-0.2, -0.15) is 0 Å². The minimum Gasteiger partial charge on any atom is -0.478 e. The van der Waals surface area contributed by atoms with Crippen LogP contribution in [-0.4, -0.2) is 28.2 Å². The standard InChI is InChI=1S/C11H13NO5/c1-2-17-10(14)5-6-12-7-8(11(15)16)3-4-9(12)13/h3-4,7H,2,5-6H2,1H3,(H,15,16). The van der Waals surface area contributed by atoms with Crippen LogP contribution in [0.1, 0.15) is 23.7 Å². The number of carbonyl (C=O) groups is 2. The van der Waals surface area contributed by atoms with Gasteiger partial charge in [-0.3, -0.25) is 9.59 Å². The van der Waals surface area contributed by atoms with Gasteiger partial charge in [-0.15, -0.1) is 0 Å². The number of hydrogen-bond acceptors (Lipinski definition) is 4. The van der Waals surface area contributed by atoms with Crippen LogP contribution in [0.15, 0.2) is 23.1 Å². The lowest BCUT2D eigenvalue weighted by Gasteiger charge is -2.06. The third kappa shape index (κ3) is 3.75. The minimum atomic E-state index is -1.12. The van der Waals surface area contributed by atoms with E-state index in [1.165, 1.54) is 16.8 Å². The second-order valence-electron chi connectivity index (χ2n) is 3.31. The van der Waals surface area contributed by atoms with Crippen molar-refractivity contribution in [2.24, 2.45) is 0 Å². The quantitative estimate of drug-likeness (QED) is 0.756. The summed E-state index contributed by atoms with van der Waals surface area (Å²) in [4.78, 5) is 33.2. The van der Waals surface area contributed by atoms with E-state index < -0.39 is 11.9 Å². The van der Waals surface area contributed by atoms with Crippen LogP contribution in [0.3, 0.4) is 0 Å². The van der Waals surface area contributed by atoms with E-state index in [1.807, 2.05) is 0 Å². The first-order chi connectivity index (χ1) is 8.04. The summed E-state index contributed by atoms with van der Waals surface area (Å²) in [5.41, 5.74) is -0.340. The molecule has 17 heavy (non-hydrogen) atoms. The molecule has 92 valence electrons. The third-order valence-corrected chi connectivity index (χ3v) is 2.09. The molecule has 1 rings (SSSR count). The zero-order chi connectivity index (χ0) is 12.8. The first-order valence-electron chi connectivity index (χ1n) is 5.14. The van der Waals surface area contributed by atoms with E-state index in [1.54, 1.807) is 6.92 Å². The molecule has 0 saturated heterocycles. The van der Waals surface area contributed by atoms with Crippen LogP contribution in [0.5, 0.6) is 0 Å². The van der Waals surface area contributed by atoms with E-state index >= 15 is 0 Å². The smallest absolute Gasteiger partial charge is 0.337 e. The monoisotopic (exact) mass is 239 g/mol. The Morgan fingerprint density at radius 2 is 2.12 bits per heavy atom. The van der Waals surface area contributed by atoms with Crippen molar-refractivity contribution in [2.75, 3.05) is 6.61 Å². The van der Waals surface area contributed by atoms with Crippen LogP contribution in [-0.2, 0) is 16.1 Å². The predicted molar refractivity (Wildman–Crippen MR) is 58.9 cm³/mol. The van der Waals surface area contributed by atoms with Gasteiger partial charge >= 0.3 is 11.9 Å². The zero-order valence-electron chi connectivity index (χ0n) is 9.38. The number of carbonyl (C=O) groups excluding carboxylic acids is 1. The average Bonchev–Trinajstić information content (AvgIpc) is 2.28. The third-order valence-electron chi connectivity index (χ3n) is 2.09. The second kappa shape index (κ2) is 5.83. The Bertz CT molecular complexity index is 477. The van der Waals surface area contributed by atoms with Crippen molar-refractivity contribution in [3.63, 3.8) is 0 Å². The molecule has 0 radical (unpaired) electrons. The van der Waals surface area contributed by atoms with E-state index in [4.69, 9.17) is 9.84 Å². The Balaban J connectivity index is 2.76. The molecule has 0 aliphatic heterocycles. The van der Waals surface area contributed by atoms with E-state index in [0.29, 0.717) is 0 Å². The van der Waals surface area contributed by atoms with Gasteiger partial charge in [0, 0.05) is 18.8 Å². The summed E-state index contributed by atoms with van der Waals surface area (Å²) in [6.45, 7) is 2.08. The first kappa shape index (κ1) is 13.0. The summed E-state index contributed by atoms with van der Waals surface area (Å²) < 4.78 is 5.89. The SMILES string of the molecule is CCOC(=O)CCn1cc(C(=O)O)ccc1=O. The van der Waals surface area contributed by atoms with Crippen molar-refractivity contribution in [3.8, 4) is 0 Å². The molecule has 1 aromatic heterocycles. The number of esters is 1. The largest absolute Gasteiger partial charge is 0.478 e. The van der Waals surface area contributed by atoms with Crippen molar-refractivity contribution in [3.05, 3.63) is 34.2 Å². The maximum Gasteiger partial charge on any atom is 0.337 e. The summed E-state index contributed by atoms with van der Waals surface area (Å²) in [5.74, 6) is -1.53. The van der Waals surface area contributed by atoms with Crippen LogP contribution in [0.2, 0.25) is 0 Å². The van der Waals surface area contributed by atoms with Crippen molar-refractivity contribution in [2.45, 2.75) is 19.9 Å². The van der Waals surface area contributed by atoms with Crippen LogP contribution < -0.4 is 5.56 Å². The highest BCUT2D eigenvalue weighted by molar-refractivity contribution is 5.87. The molecule has 6 nitrogen and oxygen atoms in total. The van der Waals surface area contributed by atoms with Gasteiger partial charge in [0.2, 0.25) is 0 Å². The molecule has 0 aliphatic rings. The van der Waals surface area contributed by atoms with Crippen LogP contribution in [0, 0.1) is 0 Å². The van der Waals surface area contributed by atoms with Crippen molar-refractivity contribution in [1.29, 1.82) is 0 Å². The summed E-state index contributed by atoms with van der Waals surface area (Å²) >= 11 is 0. The number of aromatic nitrogens is 1. The Labute approximate surface area is 97.4 Å². The fourth-order valence-corrected chi connectivity index (χ4v) is 1.28. The topological polar surface area (TPSA) is 85.6 Å². The van der Waals surface area contributed by atoms with Gasteiger partial charge in [0.1, 0.15) is 0 Å². The summed E-state index contributed by atoms with van der Waals surface area (Å²) in [6.07, 6.45) is 1.25. The molecule has 1 N–H and O–H groups in total. The zero-order valence-corrected chi connectivity index (χ0v) is 9.38. The Hall–Kier alpha value is -2.11. The summed E-state index contributed by atoms with van der Waals surface area (Å²) in [5, 5.41) is 8.75. The number of hydrogen-bond donors (Lipinski definition) is 1. The number of carboxylic acid groups (broad SMARTS) is 1. The lowest BCUT2D eigenvalue weighted by Crippen LogP contribution is -2.22. The average molecular weight is 239 g/mol. The highest BCUT2D eigenvalue weighted by Crippen LogP contribution is 1.97. The highest BCUT2D eigenvalue weighted by Gasteiger charge is 2.07. The molecule has 0 amide bonds. The van der Waals surface area contributed by atoms with Crippen molar-refractivity contribution >= 4 is 11.9 Å². The number of pyridine rings is 1. The van der Waals surface area contributed by atoms with Gasteiger partial charge in [0.15, 0.2) is 0 Å². The van der Waals surface area contributed by atoms with E-state index in [9.17, 15) is 14.4 Å².